The summed E-state index contributed by atoms with van der Waals surface area (Å²) in [6, 6.07) is 4.62. The first-order valence-electron chi connectivity index (χ1n) is 7.50. The lowest BCUT2D eigenvalue weighted by Crippen LogP contribution is -2.38. The van der Waals surface area contributed by atoms with Gasteiger partial charge in [-0.05, 0) is 17.7 Å². The number of halogens is 5. The number of rotatable bonds is 5. The van der Waals surface area contributed by atoms with Crippen LogP contribution in [0.5, 0.6) is 5.75 Å². The van der Waals surface area contributed by atoms with Crippen molar-refractivity contribution in [2.75, 3.05) is 21.2 Å². The Labute approximate surface area is 175 Å². The molecule has 1 N–H and O–H groups in total. The van der Waals surface area contributed by atoms with E-state index in [0.29, 0.717) is 23.1 Å². The molecule has 0 aliphatic heterocycles. The number of benzene rings is 1. The first-order valence-corrected chi connectivity index (χ1v) is 8.38. The van der Waals surface area contributed by atoms with E-state index in [-0.39, 0.29) is 36.3 Å². The SMILES string of the molecule is CN=C(NCc1nc(C(F)(F)F)cs1)N(C)Cc1ccc(OC)c(F)c1.I. The van der Waals surface area contributed by atoms with Crippen LogP contribution in [0.3, 0.4) is 0 Å². The molecule has 0 aliphatic rings. The number of alkyl halides is 3. The predicted molar refractivity (Wildman–Crippen MR) is 107 cm³/mol. The van der Waals surface area contributed by atoms with Crippen LogP contribution in [0.4, 0.5) is 17.6 Å². The molecule has 1 aromatic carbocycles. The Bertz CT molecular complexity index is 782. The Kier molecular flexibility index (Phi) is 8.72. The van der Waals surface area contributed by atoms with Gasteiger partial charge in [-0.25, -0.2) is 9.37 Å². The Balaban J connectivity index is 0.00000364. The summed E-state index contributed by atoms with van der Waals surface area (Å²) in [6.07, 6.45) is -4.45. The zero-order chi connectivity index (χ0) is 19.3. The monoisotopic (exact) mass is 518 g/mol. The smallest absolute Gasteiger partial charge is 0.434 e. The van der Waals surface area contributed by atoms with E-state index in [4.69, 9.17) is 4.74 Å². The predicted octanol–water partition coefficient (Wildman–Crippen LogP) is 4.14. The second-order valence-corrected chi connectivity index (χ2v) is 6.29. The first-order chi connectivity index (χ1) is 12.2. The maximum Gasteiger partial charge on any atom is 0.434 e. The number of aromatic nitrogens is 1. The van der Waals surface area contributed by atoms with Crippen molar-refractivity contribution in [3.8, 4) is 5.75 Å². The normalized spacial score (nSPS) is 11.7. The van der Waals surface area contributed by atoms with Gasteiger partial charge in [0.2, 0.25) is 0 Å². The molecule has 2 rings (SSSR count). The fraction of sp³-hybridized carbons (Fsp3) is 0.375. The van der Waals surface area contributed by atoms with Crippen molar-refractivity contribution in [2.24, 2.45) is 4.99 Å². The van der Waals surface area contributed by atoms with Crippen molar-refractivity contribution in [3.63, 3.8) is 0 Å². The van der Waals surface area contributed by atoms with E-state index in [1.807, 2.05) is 0 Å². The van der Waals surface area contributed by atoms with E-state index >= 15 is 0 Å². The molecule has 2 aromatic rings. The zero-order valence-electron chi connectivity index (χ0n) is 14.8. The summed E-state index contributed by atoms with van der Waals surface area (Å²) in [7, 11) is 4.68. The van der Waals surface area contributed by atoms with Crippen molar-refractivity contribution >= 4 is 41.3 Å². The summed E-state index contributed by atoms with van der Waals surface area (Å²) in [5, 5.41) is 4.22. The van der Waals surface area contributed by atoms with Crippen molar-refractivity contribution in [2.45, 2.75) is 19.3 Å². The summed E-state index contributed by atoms with van der Waals surface area (Å²) in [4.78, 5) is 9.36. The molecule has 0 unspecified atom stereocenters. The molecule has 0 atom stereocenters. The number of nitrogens with one attached hydrogen (secondary N) is 1. The molecule has 0 bridgehead atoms. The molecular weight excluding hydrogens is 499 g/mol. The summed E-state index contributed by atoms with van der Waals surface area (Å²) in [6.45, 7) is 0.459. The van der Waals surface area contributed by atoms with Gasteiger partial charge in [0.15, 0.2) is 23.2 Å². The minimum atomic E-state index is -4.45. The Hall–Kier alpha value is -1.63. The Morgan fingerprint density at radius 3 is 2.59 bits per heavy atom. The van der Waals surface area contributed by atoms with Gasteiger partial charge in [-0.2, -0.15) is 13.2 Å². The van der Waals surface area contributed by atoms with E-state index < -0.39 is 17.7 Å². The van der Waals surface area contributed by atoms with Gasteiger partial charge in [0.25, 0.3) is 0 Å². The Morgan fingerprint density at radius 1 is 1.37 bits per heavy atom. The topological polar surface area (TPSA) is 49.8 Å². The second kappa shape index (κ2) is 10.1. The zero-order valence-corrected chi connectivity index (χ0v) is 17.9. The lowest BCUT2D eigenvalue weighted by Gasteiger charge is -2.22. The molecule has 1 heterocycles. The molecule has 0 saturated carbocycles. The van der Waals surface area contributed by atoms with Gasteiger partial charge in [-0.15, -0.1) is 35.3 Å². The van der Waals surface area contributed by atoms with Gasteiger partial charge in [0, 0.05) is 26.0 Å². The van der Waals surface area contributed by atoms with Crippen molar-refractivity contribution in [1.29, 1.82) is 0 Å². The summed E-state index contributed by atoms with van der Waals surface area (Å²) in [5.74, 6) is 0.136. The third-order valence-electron chi connectivity index (χ3n) is 3.45. The second-order valence-electron chi connectivity index (χ2n) is 5.35. The molecule has 0 saturated heterocycles. The molecule has 0 amide bonds. The number of hydrogen-bond donors (Lipinski definition) is 1. The molecule has 11 heteroatoms. The maximum absolute atomic E-state index is 13.8. The molecule has 150 valence electrons. The molecule has 0 spiro atoms. The number of ether oxygens (including phenoxy) is 1. The van der Waals surface area contributed by atoms with Crippen LogP contribution in [0.25, 0.3) is 0 Å². The summed E-state index contributed by atoms with van der Waals surface area (Å²) < 4.78 is 56.4. The largest absolute Gasteiger partial charge is 0.494 e. The number of thiazole rings is 1. The molecule has 5 nitrogen and oxygen atoms in total. The average Bonchev–Trinajstić information content (AvgIpc) is 3.05. The third kappa shape index (κ3) is 6.48. The first kappa shape index (κ1) is 23.4. The minimum absolute atomic E-state index is 0. The van der Waals surface area contributed by atoms with Crippen LogP contribution in [-0.2, 0) is 19.3 Å². The van der Waals surface area contributed by atoms with Crippen LogP contribution >= 0.6 is 35.3 Å². The van der Waals surface area contributed by atoms with Crippen molar-refractivity contribution < 1.29 is 22.3 Å². The fourth-order valence-electron chi connectivity index (χ4n) is 2.22. The third-order valence-corrected chi connectivity index (χ3v) is 4.30. The van der Waals surface area contributed by atoms with Gasteiger partial charge in [-0.1, -0.05) is 6.07 Å². The summed E-state index contributed by atoms with van der Waals surface area (Å²) in [5.41, 5.74) is -0.210. The van der Waals surface area contributed by atoms with E-state index in [0.717, 1.165) is 16.7 Å². The van der Waals surface area contributed by atoms with Gasteiger partial charge in [0.05, 0.1) is 13.7 Å². The highest BCUT2D eigenvalue weighted by atomic mass is 127. The average molecular weight is 518 g/mol. The van der Waals surface area contributed by atoms with Crippen LogP contribution in [0.1, 0.15) is 16.3 Å². The van der Waals surface area contributed by atoms with Gasteiger partial charge in [-0.3, -0.25) is 4.99 Å². The number of methoxy groups -OCH3 is 1. The lowest BCUT2D eigenvalue weighted by molar-refractivity contribution is -0.140. The van der Waals surface area contributed by atoms with Crippen molar-refractivity contribution in [3.05, 3.63) is 45.7 Å². The number of guanidine groups is 1. The highest BCUT2D eigenvalue weighted by Crippen LogP contribution is 2.29. The Morgan fingerprint density at radius 2 is 2.07 bits per heavy atom. The summed E-state index contributed by atoms with van der Waals surface area (Å²) >= 11 is 0.920. The van der Waals surface area contributed by atoms with E-state index in [2.05, 4.69) is 15.3 Å². The van der Waals surface area contributed by atoms with E-state index in [1.54, 1.807) is 25.1 Å². The lowest BCUT2D eigenvalue weighted by atomic mass is 10.2. The van der Waals surface area contributed by atoms with Crippen LogP contribution in [-0.4, -0.2) is 37.0 Å². The highest BCUT2D eigenvalue weighted by molar-refractivity contribution is 14.0. The number of hydrogen-bond acceptors (Lipinski definition) is 4. The number of nitrogens with zero attached hydrogens (tertiary/aromatic N) is 3. The van der Waals surface area contributed by atoms with Crippen LogP contribution < -0.4 is 10.1 Å². The quantitative estimate of drug-likeness (QED) is 0.280. The van der Waals surface area contributed by atoms with E-state index in [9.17, 15) is 17.6 Å². The molecule has 0 aliphatic carbocycles. The molecule has 1 aromatic heterocycles. The highest BCUT2D eigenvalue weighted by Gasteiger charge is 2.33. The fourth-order valence-corrected chi connectivity index (χ4v) is 2.96. The molecular formula is C16H19F4IN4OS. The molecule has 0 fully saturated rings. The maximum atomic E-state index is 13.8. The van der Waals surface area contributed by atoms with Gasteiger partial charge < -0.3 is 15.0 Å². The molecule has 27 heavy (non-hydrogen) atoms. The molecule has 0 radical (unpaired) electrons. The van der Waals surface area contributed by atoms with Crippen LogP contribution in [0, 0.1) is 5.82 Å². The standard InChI is InChI=1S/C16H18F4N4OS.HI/c1-21-15(22-7-14-23-13(9-26-14)16(18,19)20)24(2)8-10-4-5-12(25-3)11(17)6-10;/h4-6,9H,7-8H2,1-3H3,(H,21,22);1H. The minimum Gasteiger partial charge on any atom is -0.494 e. The van der Waals surface area contributed by atoms with Crippen LogP contribution in [0.15, 0.2) is 28.6 Å². The van der Waals surface area contributed by atoms with E-state index in [1.165, 1.54) is 19.2 Å². The van der Waals surface area contributed by atoms with Gasteiger partial charge in [0.1, 0.15) is 5.01 Å². The van der Waals surface area contributed by atoms with Gasteiger partial charge >= 0.3 is 6.18 Å². The number of aliphatic imine (C=N–C) groups is 1. The van der Waals surface area contributed by atoms with Crippen molar-refractivity contribution in [1.82, 2.24) is 15.2 Å². The van der Waals surface area contributed by atoms with Crippen LogP contribution in [0.2, 0.25) is 0 Å².